The van der Waals surface area contributed by atoms with Crippen LogP contribution in [0.1, 0.15) is 0 Å². The lowest BCUT2D eigenvalue weighted by Crippen LogP contribution is -2.47. The van der Waals surface area contributed by atoms with Crippen molar-refractivity contribution in [3.8, 4) is 0 Å². The number of aliphatic hydroxyl groups is 1. The molecule has 1 heterocycles. The fraction of sp³-hybridized carbons (Fsp3) is 0.833. The van der Waals surface area contributed by atoms with Crippen LogP contribution in [0.15, 0.2) is 0 Å². The van der Waals surface area contributed by atoms with Crippen molar-refractivity contribution in [2.75, 3.05) is 13.2 Å². The molecule has 0 aromatic heterocycles. The van der Waals surface area contributed by atoms with Crippen LogP contribution in [0.2, 0.25) is 0 Å². The number of ether oxygens (including phenoxy) is 1. The van der Waals surface area contributed by atoms with Crippen LogP contribution in [0.25, 0.3) is 0 Å². The molecule has 2 atom stereocenters. The Balaban J connectivity index is 2.45. The van der Waals surface area contributed by atoms with Gasteiger partial charge in [-0.2, -0.15) is 8.78 Å². The molecule has 1 rings (SSSR count). The minimum absolute atomic E-state index is 0.0138. The minimum Gasteiger partial charge on any atom is -0.388 e. The summed E-state index contributed by atoms with van der Waals surface area (Å²) < 4.78 is 29.0. The first-order valence-corrected chi connectivity index (χ1v) is 3.92. The summed E-state index contributed by atoms with van der Waals surface area (Å²) in [6.07, 6.45) is -0.956. The van der Waals surface area contributed by atoms with Gasteiger partial charge in [-0.1, -0.05) is 0 Å². The third-order valence-electron chi connectivity index (χ3n) is 1.62. The van der Waals surface area contributed by atoms with Crippen molar-refractivity contribution in [1.82, 2.24) is 5.32 Å². The van der Waals surface area contributed by atoms with Gasteiger partial charge < -0.3 is 15.2 Å². The number of hydrogen-bond acceptors (Lipinski definition) is 3. The zero-order valence-corrected chi connectivity index (χ0v) is 7.22. The predicted octanol–water partition coefficient (Wildman–Crippen LogP) is -0.306. The summed E-state index contributed by atoms with van der Waals surface area (Å²) in [6, 6.07) is -0.808. The van der Waals surface area contributed by atoms with Gasteiger partial charge in [-0.25, -0.2) is 0 Å². The Morgan fingerprint density at radius 1 is 1.62 bits per heavy atom. The highest BCUT2D eigenvalue weighted by molar-refractivity contribution is 6.32. The van der Waals surface area contributed by atoms with Gasteiger partial charge in [0, 0.05) is 0 Å². The Labute approximate surface area is 77.8 Å². The van der Waals surface area contributed by atoms with Crippen LogP contribution in [0.3, 0.4) is 0 Å². The van der Waals surface area contributed by atoms with E-state index in [0.29, 0.717) is 0 Å². The molecule has 76 valence electrons. The molecule has 2 unspecified atom stereocenters. The fourth-order valence-corrected chi connectivity index (χ4v) is 0.986. The standard InChI is InChI=1S/C6H8ClF2NO3/c7-6(8,9)5(12)10-3-1-13-2-4(3)11/h3-4,11H,1-2H2,(H,10,12). The molecular formula is C6H8ClF2NO3. The molecule has 7 heteroatoms. The van der Waals surface area contributed by atoms with Crippen LogP contribution in [0.4, 0.5) is 8.78 Å². The molecule has 1 amide bonds. The first-order valence-electron chi connectivity index (χ1n) is 3.55. The van der Waals surface area contributed by atoms with E-state index in [4.69, 9.17) is 9.84 Å². The minimum atomic E-state index is -3.94. The molecule has 1 fully saturated rings. The van der Waals surface area contributed by atoms with Crippen LogP contribution in [-0.2, 0) is 9.53 Å². The highest BCUT2D eigenvalue weighted by atomic mass is 35.5. The van der Waals surface area contributed by atoms with Crippen molar-refractivity contribution in [1.29, 1.82) is 0 Å². The zero-order chi connectivity index (χ0) is 10.1. The number of carbonyl (C=O) groups excluding carboxylic acids is 1. The van der Waals surface area contributed by atoms with Crippen molar-refractivity contribution in [2.24, 2.45) is 0 Å². The summed E-state index contributed by atoms with van der Waals surface area (Å²) in [5, 5.41) is 7.01. The summed E-state index contributed by atoms with van der Waals surface area (Å²) in [5.74, 6) is -1.62. The lowest BCUT2D eigenvalue weighted by atomic mass is 10.2. The van der Waals surface area contributed by atoms with E-state index in [2.05, 4.69) is 11.6 Å². The molecule has 1 aliphatic heterocycles. The molecule has 0 saturated carbocycles. The normalized spacial score (nSPS) is 28.9. The molecule has 0 radical (unpaired) electrons. The summed E-state index contributed by atoms with van der Waals surface area (Å²) in [7, 11) is 0. The Morgan fingerprint density at radius 2 is 2.23 bits per heavy atom. The number of carbonyl (C=O) groups is 1. The highest BCUT2D eigenvalue weighted by Crippen LogP contribution is 2.19. The van der Waals surface area contributed by atoms with Crippen LogP contribution < -0.4 is 5.32 Å². The number of amides is 1. The van der Waals surface area contributed by atoms with E-state index in [1.165, 1.54) is 0 Å². The van der Waals surface area contributed by atoms with Gasteiger partial charge in [-0.15, -0.1) is 0 Å². The van der Waals surface area contributed by atoms with Gasteiger partial charge >= 0.3 is 11.3 Å². The fourth-order valence-electron chi connectivity index (χ4n) is 0.931. The third kappa shape index (κ3) is 2.75. The molecule has 1 aliphatic rings. The van der Waals surface area contributed by atoms with Gasteiger partial charge in [0.15, 0.2) is 0 Å². The summed E-state index contributed by atoms with van der Waals surface area (Å²) in [5.41, 5.74) is 0. The molecule has 0 bridgehead atoms. The average molecular weight is 216 g/mol. The second kappa shape index (κ2) is 3.73. The maximum absolute atomic E-state index is 12.1. The van der Waals surface area contributed by atoms with Gasteiger partial charge in [0.05, 0.1) is 25.4 Å². The van der Waals surface area contributed by atoms with E-state index in [1.807, 2.05) is 5.32 Å². The second-order valence-electron chi connectivity index (χ2n) is 2.68. The topological polar surface area (TPSA) is 58.6 Å². The van der Waals surface area contributed by atoms with E-state index in [-0.39, 0.29) is 13.2 Å². The Hall–Kier alpha value is -0.460. The molecule has 0 aromatic rings. The summed E-state index contributed by atoms with van der Waals surface area (Å²) in [6.45, 7) is 0.0404. The van der Waals surface area contributed by atoms with Crippen LogP contribution in [0, 0.1) is 0 Å². The highest BCUT2D eigenvalue weighted by Gasteiger charge is 2.39. The van der Waals surface area contributed by atoms with Crippen LogP contribution >= 0.6 is 11.6 Å². The molecule has 0 aliphatic carbocycles. The van der Waals surface area contributed by atoms with Crippen LogP contribution in [-0.4, -0.2) is 41.8 Å². The van der Waals surface area contributed by atoms with E-state index in [1.54, 1.807) is 0 Å². The van der Waals surface area contributed by atoms with Gasteiger partial charge in [0.25, 0.3) is 0 Å². The molecule has 4 nitrogen and oxygen atoms in total. The zero-order valence-electron chi connectivity index (χ0n) is 6.47. The van der Waals surface area contributed by atoms with Crippen LogP contribution in [0.5, 0.6) is 0 Å². The Kier molecular flexibility index (Phi) is 3.05. The average Bonchev–Trinajstić information content (AvgIpc) is 2.34. The molecule has 0 aromatic carbocycles. The smallest absolute Gasteiger partial charge is 0.388 e. The van der Waals surface area contributed by atoms with Gasteiger partial charge in [-0.3, -0.25) is 4.79 Å². The van der Waals surface area contributed by atoms with Crippen molar-refractivity contribution in [2.45, 2.75) is 17.5 Å². The lowest BCUT2D eigenvalue weighted by Gasteiger charge is -2.16. The number of rotatable bonds is 2. The van der Waals surface area contributed by atoms with Crippen molar-refractivity contribution in [3.05, 3.63) is 0 Å². The van der Waals surface area contributed by atoms with E-state index in [9.17, 15) is 13.6 Å². The predicted molar refractivity (Wildman–Crippen MR) is 39.6 cm³/mol. The second-order valence-corrected chi connectivity index (χ2v) is 3.16. The maximum atomic E-state index is 12.1. The first-order chi connectivity index (χ1) is 5.91. The van der Waals surface area contributed by atoms with Gasteiger partial charge in [-0.05, 0) is 11.6 Å². The van der Waals surface area contributed by atoms with Crippen molar-refractivity contribution >= 4 is 17.5 Å². The third-order valence-corrected chi connectivity index (χ3v) is 1.80. The maximum Gasteiger partial charge on any atom is 0.399 e. The Morgan fingerprint density at radius 3 is 2.62 bits per heavy atom. The molecule has 2 N–H and O–H groups in total. The quantitative estimate of drug-likeness (QED) is 0.622. The van der Waals surface area contributed by atoms with E-state index < -0.39 is 23.4 Å². The van der Waals surface area contributed by atoms with Crippen molar-refractivity contribution < 1.29 is 23.4 Å². The van der Waals surface area contributed by atoms with Crippen molar-refractivity contribution in [3.63, 3.8) is 0 Å². The van der Waals surface area contributed by atoms with E-state index >= 15 is 0 Å². The number of hydrogen-bond donors (Lipinski definition) is 2. The molecule has 1 saturated heterocycles. The largest absolute Gasteiger partial charge is 0.399 e. The SMILES string of the molecule is O=C(NC1COCC1O)C(F)(F)Cl. The summed E-state index contributed by atoms with van der Waals surface area (Å²) in [4.78, 5) is 10.6. The van der Waals surface area contributed by atoms with Gasteiger partial charge in [0.2, 0.25) is 0 Å². The lowest BCUT2D eigenvalue weighted by molar-refractivity contribution is -0.137. The number of alkyl halides is 3. The molecule has 13 heavy (non-hydrogen) atoms. The Bertz CT molecular complexity index is 209. The monoisotopic (exact) mass is 215 g/mol. The number of nitrogens with one attached hydrogen (secondary N) is 1. The van der Waals surface area contributed by atoms with E-state index in [0.717, 1.165) is 0 Å². The first kappa shape index (κ1) is 10.6. The molecule has 0 spiro atoms. The molecular weight excluding hydrogens is 208 g/mol. The summed E-state index contributed by atoms with van der Waals surface area (Å²) >= 11 is 4.44. The van der Waals surface area contributed by atoms with Gasteiger partial charge in [0.1, 0.15) is 0 Å². The number of halogens is 3. The number of aliphatic hydroxyl groups excluding tert-OH is 1.